The molecule has 0 aromatic heterocycles. The van der Waals surface area contributed by atoms with Crippen LogP contribution < -0.4 is 5.32 Å². The van der Waals surface area contributed by atoms with Gasteiger partial charge >= 0.3 is 0 Å². The minimum atomic E-state index is -0.310. The summed E-state index contributed by atoms with van der Waals surface area (Å²) >= 11 is 0. The molecule has 0 spiro atoms. The fraction of sp³-hybridized carbons (Fsp3) is 0.211. The van der Waals surface area contributed by atoms with Gasteiger partial charge in [-0.3, -0.25) is 4.79 Å². The van der Waals surface area contributed by atoms with Crippen LogP contribution in [-0.2, 0) is 4.79 Å². The lowest BCUT2D eigenvalue weighted by molar-refractivity contribution is -0.116. The maximum atomic E-state index is 12.0. The SMILES string of the molecule is O=C(C#Cc1ccccc1)NC(CCCO)c1ccccc1. The second kappa shape index (κ2) is 8.66. The molecule has 0 aliphatic carbocycles. The van der Waals surface area contributed by atoms with Gasteiger partial charge in [0.05, 0.1) is 6.04 Å². The molecule has 0 saturated heterocycles. The van der Waals surface area contributed by atoms with E-state index in [1.807, 2.05) is 60.7 Å². The molecule has 2 rings (SSSR count). The van der Waals surface area contributed by atoms with E-state index in [2.05, 4.69) is 17.2 Å². The number of aliphatic hydroxyl groups is 1. The molecule has 3 nitrogen and oxygen atoms in total. The van der Waals surface area contributed by atoms with Gasteiger partial charge in [0.25, 0.3) is 5.91 Å². The molecule has 1 atom stereocenters. The smallest absolute Gasteiger partial charge is 0.296 e. The van der Waals surface area contributed by atoms with Gasteiger partial charge in [0, 0.05) is 18.1 Å². The lowest BCUT2D eigenvalue weighted by Crippen LogP contribution is -2.27. The van der Waals surface area contributed by atoms with Crippen LogP contribution in [0.4, 0.5) is 0 Å². The number of aliphatic hydroxyl groups excluding tert-OH is 1. The number of hydrogen-bond acceptors (Lipinski definition) is 2. The Labute approximate surface area is 131 Å². The van der Waals surface area contributed by atoms with Crippen molar-refractivity contribution in [1.29, 1.82) is 0 Å². The first-order valence-electron chi connectivity index (χ1n) is 7.33. The monoisotopic (exact) mass is 293 g/mol. The zero-order chi connectivity index (χ0) is 15.6. The molecule has 1 unspecified atom stereocenters. The second-order valence-electron chi connectivity index (χ2n) is 4.92. The second-order valence-corrected chi connectivity index (χ2v) is 4.92. The molecular weight excluding hydrogens is 274 g/mol. The molecule has 3 heteroatoms. The Bertz CT molecular complexity index is 641. The molecule has 22 heavy (non-hydrogen) atoms. The topological polar surface area (TPSA) is 49.3 Å². The summed E-state index contributed by atoms with van der Waals surface area (Å²) in [6.07, 6.45) is 1.31. The average Bonchev–Trinajstić information content (AvgIpc) is 2.58. The first kappa shape index (κ1) is 15.8. The van der Waals surface area contributed by atoms with E-state index >= 15 is 0 Å². The molecule has 0 fully saturated rings. The molecule has 0 saturated carbocycles. The van der Waals surface area contributed by atoms with E-state index in [4.69, 9.17) is 5.11 Å². The molecule has 2 aromatic carbocycles. The van der Waals surface area contributed by atoms with Gasteiger partial charge in [-0.2, -0.15) is 0 Å². The molecule has 0 bridgehead atoms. The summed E-state index contributed by atoms with van der Waals surface area (Å²) in [7, 11) is 0. The van der Waals surface area contributed by atoms with Gasteiger partial charge in [0.15, 0.2) is 0 Å². The molecule has 2 aromatic rings. The van der Waals surface area contributed by atoms with E-state index in [1.54, 1.807) is 0 Å². The third-order valence-electron chi connectivity index (χ3n) is 3.25. The van der Waals surface area contributed by atoms with E-state index in [0.29, 0.717) is 12.8 Å². The Balaban J connectivity index is 2.04. The van der Waals surface area contributed by atoms with E-state index in [9.17, 15) is 4.79 Å². The standard InChI is InChI=1S/C19H19NO2/c21-15-7-12-18(17-10-5-2-6-11-17)20-19(22)14-13-16-8-3-1-4-9-16/h1-6,8-11,18,21H,7,12,15H2,(H,20,22). The Morgan fingerprint density at radius 1 is 1.05 bits per heavy atom. The number of hydrogen-bond donors (Lipinski definition) is 2. The van der Waals surface area contributed by atoms with Crippen molar-refractivity contribution in [3.63, 3.8) is 0 Å². The molecule has 0 radical (unpaired) electrons. The Morgan fingerprint density at radius 2 is 1.68 bits per heavy atom. The normalized spacial score (nSPS) is 11.1. The minimum Gasteiger partial charge on any atom is -0.396 e. The number of benzene rings is 2. The molecule has 0 aliphatic heterocycles. The molecule has 0 heterocycles. The number of carbonyl (C=O) groups is 1. The third-order valence-corrected chi connectivity index (χ3v) is 3.25. The Morgan fingerprint density at radius 3 is 2.32 bits per heavy atom. The highest BCUT2D eigenvalue weighted by atomic mass is 16.3. The van der Waals surface area contributed by atoms with Crippen molar-refractivity contribution in [2.75, 3.05) is 6.61 Å². The van der Waals surface area contributed by atoms with E-state index in [-0.39, 0.29) is 18.6 Å². The van der Waals surface area contributed by atoms with E-state index in [0.717, 1.165) is 11.1 Å². The van der Waals surface area contributed by atoms with Crippen molar-refractivity contribution >= 4 is 5.91 Å². The largest absolute Gasteiger partial charge is 0.396 e. The Kier molecular flexibility index (Phi) is 6.22. The van der Waals surface area contributed by atoms with Crippen LogP contribution >= 0.6 is 0 Å². The predicted octanol–water partition coefficient (Wildman–Crippen LogP) is 2.67. The van der Waals surface area contributed by atoms with Crippen molar-refractivity contribution in [3.8, 4) is 11.8 Å². The highest BCUT2D eigenvalue weighted by molar-refractivity contribution is 5.94. The highest BCUT2D eigenvalue weighted by Crippen LogP contribution is 2.17. The molecule has 1 amide bonds. The fourth-order valence-corrected chi connectivity index (χ4v) is 2.15. The summed E-state index contributed by atoms with van der Waals surface area (Å²) in [5.74, 6) is 5.15. The zero-order valence-electron chi connectivity index (χ0n) is 12.3. The maximum absolute atomic E-state index is 12.0. The number of rotatable bonds is 5. The molecule has 0 aliphatic rings. The van der Waals surface area contributed by atoms with Crippen LogP contribution in [0.25, 0.3) is 0 Å². The van der Waals surface area contributed by atoms with Crippen LogP contribution in [0.15, 0.2) is 60.7 Å². The molecule has 112 valence electrons. The van der Waals surface area contributed by atoms with E-state index < -0.39 is 0 Å². The maximum Gasteiger partial charge on any atom is 0.296 e. The van der Waals surface area contributed by atoms with Gasteiger partial charge < -0.3 is 10.4 Å². The van der Waals surface area contributed by atoms with E-state index in [1.165, 1.54) is 0 Å². The van der Waals surface area contributed by atoms with Crippen molar-refractivity contribution in [1.82, 2.24) is 5.32 Å². The summed E-state index contributed by atoms with van der Waals surface area (Å²) in [6.45, 7) is 0.106. The highest BCUT2D eigenvalue weighted by Gasteiger charge is 2.12. The van der Waals surface area contributed by atoms with Crippen LogP contribution in [-0.4, -0.2) is 17.6 Å². The fourth-order valence-electron chi connectivity index (χ4n) is 2.15. The van der Waals surface area contributed by atoms with Gasteiger partial charge in [-0.05, 0) is 30.5 Å². The van der Waals surface area contributed by atoms with Crippen molar-refractivity contribution in [2.24, 2.45) is 0 Å². The number of carbonyl (C=O) groups excluding carboxylic acids is 1. The molecule has 2 N–H and O–H groups in total. The first-order chi connectivity index (χ1) is 10.8. The van der Waals surface area contributed by atoms with Gasteiger partial charge in [-0.1, -0.05) is 54.5 Å². The summed E-state index contributed by atoms with van der Waals surface area (Å²) in [6, 6.07) is 19.0. The van der Waals surface area contributed by atoms with Crippen LogP contribution in [0.1, 0.15) is 30.0 Å². The summed E-state index contributed by atoms with van der Waals surface area (Å²) in [4.78, 5) is 12.0. The first-order valence-corrected chi connectivity index (χ1v) is 7.33. The van der Waals surface area contributed by atoms with Gasteiger partial charge in [-0.25, -0.2) is 0 Å². The molecular formula is C19H19NO2. The zero-order valence-corrected chi connectivity index (χ0v) is 12.3. The Hall–Kier alpha value is -2.57. The average molecular weight is 293 g/mol. The van der Waals surface area contributed by atoms with Gasteiger partial charge in [-0.15, -0.1) is 0 Å². The van der Waals surface area contributed by atoms with Crippen LogP contribution in [0.2, 0.25) is 0 Å². The summed E-state index contributed by atoms with van der Waals surface area (Å²) in [5, 5.41) is 11.9. The quantitative estimate of drug-likeness (QED) is 0.833. The van der Waals surface area contributed by atoms with Gasteiger partial charge in [0.1, 0.15) is 0 Å². The van der Waals surface area contributed by atoms with Crippen LogP contribution in [0.5, 0.6) is 0 Å². The van der Waals surface area contributed by atoms with Crippen LogP contribution in [0.3, 0.4) is 0 Å². The lowest BCUT2D eigenvalue weighted by Gasteiger charge is -2.17. The predicted molar refractivity (Wildman–Crippen MR) is 87.0 cm³/mol. The summed E-state index contributed by atoms with van der Waals surface area (Å²) < 4.78 is 0. The van der Waals surface area contributed by atoms with Crippen molar-refractivity contribution < 1.29 is 9.90 Å². The number of nitrogens with one attached hydrogen (secondary N) is 1. The van der Waals surface area contributed by atoms with Crippen molar-refractivity contribution in [3.05, 3.63) is 71.8 Å². The minimum absolute atomic E-state index is 0.106. The lowest BCUT2D eigenvalue weighted by atomic mass is 10.0. The van der Waals surface area contributed by atoms with Crippen molar-refractivity contribution in [2.45, 2.75) is 18.9 Å². The third kappa shape index (κ3) is 5.08. The summed E-state index contributed by atoms with van der Waals surface area (Å²) in [5.41, 5.74) is 1.83. The van der Waals surface area contributed by atoms with Crippen LogP contribution in [0, 0.1) is 11.8 Å². The number of amides is 1. The van der Waals surface area contributed by atoms with Gasteiger partial charge in [0.2, 0.25) is 0 Å².